The number of anilines is 2. The molecular formula is C15H19N3O2S. The molecule has 0 saturated heterocycles. The number of ether oxygens (including phenoxy) is 1. The molecule has 0 aliphatic rings. The fourth-order valence-corrected chi connectivity index (χ4v) is 2.32. The molecule has 1 heterocycles. The number of urea groups is 1. The summed E-state index contributed by atoms with van der Waals surface area (Å²) >= 11 is 1.26. The minimum atomic E-state index is -0.279. The maximum Gasteiger partial charge on any atom is 0.324 e. The van der Waals surface area contributed by atoms with Crippen LogP contribution in [0.25, 0.3) is 0 Å². The normalized spacial score (nSPS) is 10.2. The third-order valence-electron chi connectivity index (χ3n) is 2.74. The van der Waals surface area contributed by atoms with E-state index in [4.69, 9.17) is 4.74 Å². The summed E-state index contributed by atoms with van der Waals surface area (Å²) in [5, 5.41) is 6.24. The first-order valence-corrected chi connectivity index (χ1v) is 7.69. The van der Waals surface area contributed by atoms with Crippen molar-refractivity contribution in [3.63, 3.8) is 0 Å². The van der Waals surface area contributed by atoms with E-state index in [1.807, 2.05) is 37.3 Å². The Balaban J connectivity index is 1.83. The van der Waals surface area contributed by atoms with E-state index in [0.717, 1.165) is 35.0 Å². The van der Waals surface area contributed by atoms with Gasteiger partial charge in [-0.3, -0.25) is 5.32 Å². The van der Waals surface area contributed by atoms with Crippen molar-refractivity contribution in [2.75, 3.05) is 17.2 Å². The maximum absolute atomic E-state index is 11.8. The quantitative estimate of drug-likeness (QED) is 0.783. The molecule has 1 aromatic carbocycles. The fraction of sp³-hybridized carbons (Fsp3) is 0.333. The Bertz CT molecular complexity index is 581. The first-order chi connectivity index (χ1) is 10.2. The molecule has 0 saturated carbocycles. The minimum absolute atomic E-state index is 0.279. The first-order valence-electron chi connectivity index (χ1n) is 6.91. The van der Waals surface area contributed by atoms with Crippen LogP contribution in [0.1, 0.15) is 25.5 Å². The van der Waals surface area contributed by atoms with Crippen molar-refractivity contribution in [3.05, 3.63) is 36.0 Å². The van der Waals surface area contributed by atoms with Crippen molar-refractivity contribution in [2.45, 2.75) is 26.7 Å². The number of nitrogens with one attached hydrogen (secondary N) is 2. The molecule has 21 heavy (non-hydrogen) atoms. The van der Waals surface area contributed by atoms with Crippen LogP contribution < -0.4 is 15.4 Å². The van der Waals surface area contributed by atoms with Gasteiger partial charge in [-0.05, 0) is 55.2 Å². The topological polar surface area (TPSA) is 63.2 Å². The second-order valence-electron chi connectivity index (χ2n) is 4.64. The molecule has 0 atom stereocenters. The number of aromatic nitrogens is 1. The molecule has 6 heteroatoms. The van der Waals surface area contributed by atoms with E-state index in [-0.39, 0.29) is 6.03 Å². The van der Waals surface area contributed by atoms with Crippen LogP contribution in [-0.2, 0) is 0 Å². The zero-order valence-electron chi connectivity index (χ0n) is 12.2. The number of hydrogen-bond donors (Lipinski definition) is 2. The van der Waals surface area contributed by atoms with Crippen LogP contribution in [0.4, 0.5) is 15.5 Å². The highest BCUT2D eigenvalue weighted by Crippen LogP contribution is 2.18. The summed E-state index contributed by atoms with van der Waals surface area (Å²) in [5.74, 6) is 0.812. The van der Waals surface area contributed by atoms with Gasteiger partial charge >= 0.3 is 6.03 Å². The summed E-state index contributed by atoms with van der Waals surface area (Å²) in [4.78, 5) is 11.8. The van der Waals surface area contributed by atoms with Gasteiger partial charge in [-0.15, -0.1) is 0 Å². The number of hydrogen-bond acceptors (Lipinski definition) is 4. The molecule has 0 radical (unpaired) electrons. The summed E-state index contributed by atoms with van der Waals surface area (Å²) in [6, 6.07) is 8.88. The van der Waals surface area contributed by atoms with E-state index < -0.39 is 0 Å². The number of amides is 2. The Labute approximate surface area is 128 Å². The lowest BCUT2D eigenvalue weighted by Crippen LogP contribution is -2.18. The molecule has 2 N–H and O–H groups in total. The summed E-state index contributed by atoms with van der Waals surface area (Å²) in [7, 11) is 0. The van der Waals surface area contributed by atoms with Gasteiger partial charge in [0.2, 0.25) is 0 Å². The molecule has 0 spiro atoms. The Morgan fingerprint density at radius 2 is 2.05 bits per heavy atom. The predicted octanol–water partition coefficient (Wildman–Crippen LogP) is 4.27. The van der Waals surface area contributed by atoms with Gasteiger partial charge in [-0.25, -0.2) is 4.79 Å². The lowest BCUT2D eigenvalue weighted by Gasteiger charge is -2.08. The van der Waals surface area contributed by atoms with Crippen LogP contribution >= 0.6 is 11.5 Å². The molecule has 0 fully saturated rings. The summed E-state index contributed by atoms with van der Waals surface area (Å²) in [5.41, 5.74) is 1.61. The van der Waals surface area contributed by atoms with Gasteiger partial charge in [-0.2, -0.15) is 4.37 Å². The second-order valence-corrected chi connectivity index (χ2v) is 5.44. The van der Waals surface area contributed by atoms with Crippen LogP contribution in [0.3, 0.4) is 0 Å². The van der Waals surface area contributed by atoms with Crippen LogP contribution in [0.15, 0.2) is 30.3 Å². The molecule has 0 unspecified atom stereocenters. The number of aryl methyl sites for hydroxylation is 1. The fourth-order valence-electron chi connectivity index (χ4n) is 1.67. The molecule has 0 aliphatic carbocycles. The third-order valence-corrected chi connectivity index (χ3v) is 3.54. The van der Waals surface area contributed by atoms with Gasteiger partial charge in [0, 0.05) is 5.69 Å². The van der Waals surface area contributed by atoms with Crippen LogP contribution in [0.5, 0.6) is 5.75 Å². The number of carbonyl (C=O) groups excluding carboxylic acids is 1. The summed E-state index contributed by atoms with van der Waals surface area (Å²) in [6.45, 7) is 4.73. The molecular weight excluding hydrogens is 286 g/mol. The van der Waals surface area contributed by atoms with E-state index in [9.17, 15) is 4.79 Å². The van der Waals surface area contributed by atoms with E-state index in [0.29, 0.717) is 6.61 Å². The number of carbonyl (C=O) groups is 1. The zero-order valence-corrected chi connectivity index (χ0v) is 13.0. The highest BCUT2D eigenvalue weighted by Gasteiger charge is 2.05. The standard InChI is InChI=1S/C15H19N3O2S/c1-3-4-9-20-13-7-5-12(6-8-13)16-15(19)17-14-10-11(2)18-21-14/h5-8,10H,3-4,9H2,1-2H3,(H2,16,17,19). The molecule has 2 amide bonds. The molecule has 1 aromatic heterocycles. The van der Waals surface area contributed by atoms with Crippen LogP contribution in [0.2, 0.25) is 0 Å². The SMILES string of the molecule is CCCCOc1ccc(NC(=O)Nc2cc(C)ns2)cc1. The molecule has 5 nitrogen and oxygen atoms in total. The highest BCUT2D eigenvalue weighted by molar-refractivity contribution is 7.10. The molecule has 112 valence electrons. The predicted molar refractivity (Wildman–Crippen MR) is 86.3 cm³/mol. The van der Waals surface area contributed by atoms with E-state index in [1.165, 1.54) is 11.5 Å². The Kier molecular flexibility index (Phi) is 5.57. The monoisotopic (exact) mass is 305 g/mol. The number of nitrogens with zero attached hydrogens (tertiary/aromatic N) is 1. The van der Waals surface area contributed by atoms with E-state index >= 15 is 0 Å². The van der Waals surface area contributed by atoms with Crippen molar-refractivity contribution in [1.29, 1.82) is 0 Å². The Morgan fingerprint density at radius 1 is 1.29 bits per heavy atom. The van der Waals surface area contributed by atoms with Gasteiger partial charge in [0.1, 0.15) is 10.8 Å². The third kappa shape index (κ3) is 5.07. The minimum Gasteiger partial charge on any atom is -0.494 e. The second kappa shape index (κ2) is 7.64. The Hall–Kier alpha value is -2.08. The highest BCUT2D eigenvalue weighted by atomic mass is 32.1. The maximum atomic E-state index is 11.8. The lowest BCUT2D eigenvalue weighted by molar-refractivity contribution is 0.262. The van der Waals surface area contributed by atoms with Gasteiger partial charge in [0.25, 0.3) is 0 Å². The Morgan fingerprint density at radius 3 is 2.67 bits per heavy atom. The average molecular weight is 305 g/mol. The van der Waals surface area contributed by atoms with E-state index in [2.05, 4.69) is 21.9 Å². The van der Waals surface area contributed by atoms with Crippen LogP contribution in [0, 0.1) is 6.92 Å². The lowest BCUT2D eigenvalue weighted by atomic mass is 10.3. The first kappa shape index (κ1) is 15.3. The van der Waals surface area contributed by atoms with Gasteiger partial charge < -0.3 is 10.1 Å². The zero-order chi connectivity index (χ0) is 15.1. The van der Waals surface area contributed by atoms with Crippen molar-refractivity contribution in [3.8, 4) is 5.75 Å². The summed E-state index contributed by atoms with van der Waals surface area (Å²) in [6.07, 6.45) is 2.15. The van der Waals surface area contributed by atoms with Gasteiger partial charge in [0.05, 0.1) is 12.3 Å². The summed E-state index contributed by atoms with van der Waals surface area (Å²) < 4.78 is 9.68. The van der Waals surface area contributed by atoms with Gasteiger partial charge in [0.15, 0.2) is 0 Å². The number of unbranched alkanes of at least 4 members (excludes halogenated alkanes) is 1. The van der Waals surface area contributed by atoms with Crippen LogP contribution in [-0.4, -0.2) is 17.0 Å². The van der Waals surface area contributed by atoms with Crippen molar-refractivity contribution in [2.24, 2.45) is 0 Å². The number of benzene rings is 1. The molecule has 2 rings (SSSR count). The van der Waals surface area contributed by atoms with E-state index in [1.54, 1.807) is 0 Å². The largest absolute Gasteiger partial charge is 0.494 e. The number of rotatable bonds is 6. The van der Waals surface area contributed by atoms with Crippen molar-refractivity contribution in [1.82, 2.24) is 4.37 Å². The van der Waals surface area contributed by atoms with Gasteiger partial charge in [-0.1, -0.05) is 13.3 Å². The molecule has 0 aliphatic heterocycles. The molecule has 2 aromatic rings. The van der Waals surface area contributed by atoms with Crippen molar-refractivity contribution >= 4 is 28.3 Å². The smallest absolute Gasteiger partial charge is 0.324 e. The van der Waals surface area contributed by atoms with Crippen molar-refractivity contribution < 1.29 is 9.53 Å². The average Bonchev–Trinajstić information content (AvgIpc) is 2.86. The molecule has 0 bridgehead atoms.